The third-order valence-electron chi connectivity index (χ3n) is 1.29. The van der Waals surface area contributed by atoms with Crippen molar-refractivity contribution in [3.63, 3.8) is 0 Å². The molecule has 76 valence electrons. The summed E-state index contributed by atoms with van der Waals surface area (Å²) in [4.78, 5) is 13.1. The van der Waals surface area contributed by atoms with Crippen molar-refractivity contribution in [1.82, 2.24) is 4.98 Å². The van der Waals surface area contributed by atoms with E-state index in [-0.39, 0.29) is 17.4 Å². The van der Waals surface area contributed by atoms with Gasteiger partial charge in [-0.05, 0) is 6.07 Å². The summed E-state index contributed by atoms with van der Waals surface area (Å²) in [5.41, 5.74) is -0.999. The molecule has 1 heterocycles. The molecule has 1 aromatic heterocycles. The average molecular weight is 226 g/mol. The molecule has 0 amide bonds. The number of carbonyl (C=O) groups excluding carboxylic acids is 1. The second-order valence-electron chi connectivity index (χ2n) is 2.22. The first-order valence-corrected chi connectivity index (χ1v) is 3.66. The highest BCUT2D eigenvalue weighted by atomic mass is 35.5. The van der Waals surface area contributed by atoms with E-state index in [2.05, 4.69) is 9.72 Å². The van der Waals surface area contributed by atoms with Crippen molar-refractivity contribution in [2.75, 3.05) is 0 Å². The number of rotatable bonds is 2. The fourth-order valence-corrected chi connectivity index (χ4v) is 0.924. The number of halogens is 4. The van der Waals surface area contributed by atoms with Crippen LogP contribution in [0, 0.1) is 0 Å². The van der Waals surface area contributed by atoms with Gasteiger partial charge in [0.25, 0.3) is 6.47 Å². The van der Waals surface area contributed by atoms with E-state index in [4.69, 9.17) is 11.6 Å². The maximum Gasteiger partial charge on any atom is 0.417 e. The van der Waals surface area contributed by atoms with Crippen molar-refractivity contribution in [3.8, 4) is 5.88 Å². The van der Waals surface area contributed by atoms with Gasteiger partial charge in [-0.1, -0.05) is 11.6 Å². The van der Waals surface area contributed by atoms with Crippen LogP contribution in [0.3, 0.4) is 0 Å². The Bertz CT molecular complexity index is 353. The number of ether oxygens (including phenoxy) is 1. The SMILES string of the molecule is O=COc1ncc(C(F)(F)F)cc1Cl. The molecule has 0 radical (unpaired) electrons. The largest absolute Gasteiger partial charge is 0.417 e. The van der Waals surface area contributed by atoms with Crippen LogP contribution in [-0.4, -0.2) is 11.5 Å². The van der Waals surface area contributed by atoms with E-state index >= 15 is 0 Å². The Balaban J connectivity index is 3.06. The van der Waals surface area contributed by atoms with E-state index in [1.807, 2.05) is 0 Å². The molecule has 0 saturated heterocycles. The number of nitrogens with zero attached hydrogens (tertiary/aromatic N) is 1. The molecule has 7 heteroatoms. The monoisotopic (exact) mass is 225 g/mol. The van der Waals surface area contributed by atoms with Crippen LogP contribution in [0.4, 0.5) is 13.2 Å². The highest BCUT2D eigenvalue weighted by Gasteiger charge is 2.31. The van der Waals surface area contributed by atoms with E-state index in [0.717, 1.165) is 0 Å². The molecule has 0 bridgehead atoms. The van der Waals surface area contributed by atoms with E-state index < -0.39 is 11.7 Å². The predicted octanol–water partition coefficient (Wildman–Crippen LogP) is 2.29. The van der Waals surface area contributed by atoms with Crippen molar-refractivity contribution >= 4 is 18.1 Å². The number of hydrogen-bond acceptors (Lipinski definition) is 3. The lowest BCUT2D eigenvalue weighted by Crippen LogP contribution is -2.06. The van der Waals surface area contributed by atoms with Crippen molar-refractivity contribution in [2.24, 2.45) is 0 Å². The normalized spacial score (nSPS) is 11.1. The molecule has 0 aromatic carbocycles. The molecule has 0 fully saturated rings. The molecule has 0 aliphatic carbocycles. The Labute approximate surface area is 81.5 Å². The number of pyridine rings is 1. The second kappa shape index (κ2) is 3.83. The molecule has 0 aliphatic rings. The molecular formula is C7H3ClF3NO2. The molecule has 0 unspecified atom stereocenters. The standard InChI is InChI=1S/C7H3ClF3NO2/c8-5-1-4(7(9,10)11)2-12-6(5)14-3-13/h1-3H. The van der Waals surface area contributed by atoms with E-state index in [9.17, 15) is 18.0 Å². The van der Waals surface area contributed by atoms with Crippen LogP contribution in [0.25, 0.3) is 0 Å². The smallest absolute Gasteiger partial charge is 0.408 e. The molecule has 1 aromatic rings. The summed E-state index contributed by atoms with van der Waals surface area (Å²) < 4.78 is 40.4. The molecule has 3 nitrogen and oxygen atoms in total. The van der Waals surface area contributed by atoms with Crippen LogP contribution in [0.1, 0.15) is 5.56 Å². The summed E-state index contributed by atoms with van der Waals surface area (Å²) in [6.07, 6.45) is -3.99. The lowest BCUT2D eigenvalue weighted by molar-refractivity contribution is -0.137. The zero-order chi connectivity index (χ0) is 10.8. The van der Waals surface area contributed by atoms with E-state index in [0.29, 0.717) is 12.3 Å². The predicted molar refractivity (Wildman–Crippen MR) is 40.9 cm³/mol. The number of carbonyl (C=O) groups is 1. The lowest BCUT2D eigenvalue weighted by atomic mass is 10.3. The van der Waals surface area contributed by atoms with Gasteiger partial charge in [-0.2, -0.15) is 13.2 Å². The van der Waals surface area contributed by atoms with Gasteiger partial charge in [0.15, 0.2) is 0 Å². The quantitative estimate of drug-likeness (QED) is 0.725. The lowest BCUT2D eigenvalue weighted by Gasteiger charge is -2.07. The van der Waals surface area contributed by atoms with Crippen LogP contribution in [-0.2, 0) is 11.0 Å². The average Bonchev–Trinajstić information content (AvgIpc) is 2.07. The Morgan fingerprint density at radius 2 is 2.14 bits per heavy atom. The van der Waals surface area contributed by atoms with Gasteiger partial charge in [-0.25, -0.2) is 4.98 Å². The minimum atomic E-state index is -4.52. The molecule has 0 saturated carbocycles. The molecule has 0 aliphatic heterocycles. The van der Waals surface area contributed by atoms with Gasteiger partial charge in [0, 0.05) is 6.20 Å². The highest BCUT2D eigenvalue weighted by molar-refractivity contribution is 6.31. The Morgan fingerprint density at radius 1 is 1.50 bits per heavy atom. The summed E-state index contributed by atoms with van der Waals surface area (Å²) in [5.74, 6) is -0.352. The van der Waals surface area contributed by atoms with Gasteiger partial charge in [0.2, 0.25) is 5.88 Å². The summed E-state index contributed by atoms with van der Waals surface area (Å²) >= 11 is 5.37. The zero-order valence-electron chi connectivity index (χ0n) is 6.51. The summed E-state index contributed by atoms with van der Waals surface area (Å²) in [6, 6.07) is 0.632. The Morgan fingerprint density at radius 3 is 2.57 bits per heavy atom. The van der Waals surface area contributed by atoms with Crippen molar-refractivity contribution < 1.29 is 22.7 Å². The fourth-order valence-electron chi connectivity index (χ4n) is 0.713. The first-order valence-electron chi connectivity index (χ1n) is 3.28. The van der Waals surface area contributed by atoms with Gasteiger partial charge >= 0.3 is 6.18 Å². The highest BCUT2D eigenvalue weighted by Crippen LogP contribution is 2.32. The van der Waals surface area contributed by atoms with Gasteiger partial charge in [-0.3, -0.25) is 4.79 Å². The number of aromatic nitrogens is 1. The van der Waals surface area contributed by atoms with Crippen LogP contribution in [0.5, 0.6) is 5.88 Å². The molecule has 0 atom stereocenters. The van der Waals surface area contributed by atoms with Crippen molar-refractivity contribution in [3.05, 3.63) is 22.8 Å². The third-order valence-corrected chi connectivity index (χ3v) is 1.57. The van der Waals surface area contributed by atoms with E-state index in [1.54, 1.807) is 0 Å². The van der Waals surface area contributed by atoms with Crippen LogP contribution >= 0.6 is 11.6 Å². The zero-order valence-corrected chi connectivity index (χ0v) is 7.26. The first-order chi connectivity index (χ1) is 6.45. The minimum absolute atomic E-state index is 0.0292. The maximum atomic E-state index is 12.1. The first kappa shape index (κ1) is 10.8. The summed E-state index contributed by atoms with van der Waals surface area (Å²) in [7, 11) is 0. The van der Waals surface area contributed by atoms with Gasteiger partial charge in [0.1, 0.15) is 5.02 Å². The third kappa shape index (κ3) is 2.35. The van der Waals surface area contributed by atoms with Crippen molar-refractivity contribution in [1.29, 1.82) is 0 Å². The van der Waals surface area contributed by atoms with Crippen LogP contribution < -0.4 is 4.74 Å². The molecule has 0 N–H and O–H groups in total. The van der Waals surface area contributed by atoms with Crippen LogP contribution in [0.15, 0.2) is 12.3 Å². The van der Waals surface area contributed by atoms with Gasteiger partial charge in [-0.15, -0.1) is 0 Å². The second-order valence-corrected chi connectivity index (χ2v) is 2.63. The van der Waals surface area contributed by atoms with Gasteiger partial charge in [0.05, 0.1) is 5.56 Å². The number of hydrogen-bond donors (Lipinski definition) is 0. The van der Waals surface area contributed by atoms with Gasteiger partial charge < -0.3 is 4.74 Å². The fraction of sp³-hybridized carbons (Fsp3) is 0.143. The molecule has 1 rings (SSSR count). The molecule has 0 spiro atoms. The minimum Gasteiger partial charge on any atom is -0.408 e. The summed E-state index contributed by atoms with van der Waals surface area (Å²) in [5, 5.41) is -0.369. The Kier molecular flexibility index (Phi) is 2.95. The summed E-state index contributed by atoms with van der Waals surface area (Å²) in [6.45, 7) is 0.0292. The van der Waals surface area contributed by atoms with Crippen LogP contribution in [0.2, 0.25) is 5.02 Å². The van der Waals surface area contributed by atoms with E-state index in [1.165, 1.54) is 0 Å². The van der Waals surface area contributed by atoms with Crippen molar-refractivity contribution in [2.45, 2.75) is 6.18 Å². The Hall–Kier alpha value is -1.30. The molecular weight excluding hydrogens is 223 g/mol. The molecule has 14 heavy (non-hydrogen) atoms. The maximum absolute atomic E-state index is 12.1. The number of alkyl halides is 3. The topological polar surface area (TPSA) is 39.2 Å².